The molecule has 0 saturated carbocycles. The maximum atomic E-state index is 9.22. The van der Waals surface area contributed by atoms with Crippen LogP contribution in [0.5, 0.6) is 0 Å². The first-order valence-electron chi connectivity index (χ1n) is 6.98. The van der Waals surface area contributed by atoms with Crippen LogP contribution < -0.4 is 5.32 Å². The van der Waals surface area contributed by atoms with Gasteiger partial charge in [0.2, 0.25) is 5.13 Å². The first kappa shape index (κ1) is 16.0. The molecular formula is C17H11N5S2. The molecule has 0 amide bonds. The van der Waals surface area contributed by atoms with Crippen LogP contribution in [-0.2, 0) is 0 Å². The number of aryl methyl sites for hydroxylation is 1. The Balaban J connectivity index is 1.83. The Morgan fingerprint density at radius 2 is 1.75 bits per heavy atom. The quantitative estimate of drug-likeness (QED) is 0.747. The van der Waals surface area contributed by atoms with E-state index in [1.807, 2.05) is 31.2 Å². The van der Waals surface area contributed by atoms with Crippen LogP contribution in [0.1, 0.15) is 16.7 Å². The third kappa shape index (κ3) is 3.54. The summed E-state index contributed by atoms with van der Waals surface area (Å²) in [6.45, 7) is 2.02. The van der Waals surface area contributed by atoms with Crippen molar-refractivity contribution in [3.63, 3.8) is 0 Å². The topological polar surface area (TPSA) is 85.4 Å². The molecule has 24 heavy (non-hydrogen) atoms. The van der Waals surface area contributed by atoms with Gasteiger partial charge in [-0.3, -0.25) is 0 Å². The van der Waals surface area contributed by atoms with Crippen LogP contribution in [0.25, 0.3) is 0 Å². The minimum absolute atomic E-state index is 0.461. The zero-order valence-corrected chi connectivity index (χ0v) is 14.3. The van der Waals surface area contributed by atoms with E-state index in [-0.39, 0.29) is 0 Å². The highest BCUT2D eigenvalue weighted by atomic mass is 32.2. The monoisotopic (exact) mass is 349 g/mol. The highest BCUT2D eigenvalue weighted by molar-refractivity contribution is 8.01. The van der Waals surface area contributed by atoms with Gasteiger partial charge in [0.1, 0.15) is 12.1 Å². The number of rotatable bonds is 4. The minimum Gasteiger partial charge on any atom is -0.330 e. The molecule has 1 N–H and O–H groups in total. The molecule has 7 heteroatoms. The molecule has 0 saturated heterocycles. The Hall–Kier alpha value is -2.87. The predicted octanol–water partition coefficient (Wildman–Crippen LogP) is 4.48. The Morgan fingerprint density at radius 1 is 1.04 bits per heavy atom. The van der Waals surface area contributed by atoms with E-state index in [1.165, 1.54) is 23.1 Å². The summed E-state index contributed by atoms with van der Waals surface area (Å²) < 4.78 is 0.671. The van der Waals surface area contributed by atoms with Gasteiger partial charge in [-0.25, -0.2) is 0 Å². The predicted molar refractivity (Wildman–Crippen MR) is 94.4 cm³/mol. The number of hydrogen-bond acceptors (Lipinski definition) is 7. The van der Waals surface area contributed by atoms with Gasteiger partial charge in [0.25, 0.3) is 0 Å². The van der Waals surface area contributed by atoms with E-state index in [9.17, 15) is 10.5 Å². The maximum absolute atomic E-state index is 9.22. The van der Waals surface area contributed by atoms with Crippen molar-refractivity contribution in [2.45, 2.75) is 16.2 Å². The van der Waals surface area contributed by atoms with Crippen molar-refractivity contribution in [3.8, 4) is 12.1 Å². The van der Waals surface area contributed by atoms with Gasteiger partial charge in [-0.05, 0) is 36.8 Å². The second-order valence-electron chi connectivity index (χ2n) is 4.88. The van der Waals surface area contributed by atoms with Crippen molar-refractivity contribution in [2.75, 3.05) is 5.32 Å². The van der Waals surface area contributed by atoms with Crippen molar-refractivity contribution in [3.05, 3.63) is 59.2 Å². The SMILES string of the molecule is Cc1cccc(Nc2nnc(Sc3c(C#N)cccc3C#N)s2)c1. The molecule has 2 aromatic carbocycles. The lowest BCUT2D eigenvalue weighted by atomic mass is 10.1. The molecule has 0 radical (unpaired) electrons. The highest BCUT2D eigenvalue weighted by Crippen LogP contribution is 2.36. The van der Waals surface area contributed by atoms with E-state index >= 15 is 0 Å². The molecule has 116 valence electrons. The van der Waals surface area contributed by atoms with Crippen molar-refractivity contribution in [1.29, 1.82) is 10.5 Å². The molecule has 5 nitrogen and oxygen atoms in total. The molecule has 0 fully saturated rings. The first-order valence-corrected chi connectivity index (χ1v) is 8.61. The Morgan fingerprint density at radius 3 is 2.42 bits per heavy atom. The Bertz CT molecular complexity index is 933. The van der Waals surface area contributed by atoms with Crippen molar-refractivity contribution in [2.24, 2.45) is 0 Å². The van der Waals surface area contributed by atoms with E-state index in [1.54, 1.807) is 18.2 Å². The standard InChI is InChI=1S/C17H11N5S2/c1-11-4-2-7-14(8-11)20-16-21-22-17(24-16)23-15-12(9-18)5-3-6-13(15)10-19/h2-8H,1H3,(H,20,21). The number of hydrogen-bond donors (Lipinski definition) is 1. The van der Waals surface area contributed by atoms with Gasteiger partial charge in [-0.15, -0.1) is 10.2 Å². The van der Waals surface area contributed by atoms with Gasteiger partial charge in [-0.1, -0.05) is 41.3 Å². The molecule has 0 atom stereocenters. The molecule has 0 unspecified atom stereocenters. The number of aromatic nitrogens is 2. The summed E-state index contributed by atoms with van der Waals surface area (Å²) in [6, 6.07) is 17.3. The van der Waals surface area contributed by atoms with E-state index in [0.29, 0.717) is 25.5 Å². The molecule has 0 spiro atoms. The van der Waals surface area contributed by atoms with Crippen LogP contribution in [0.15, 0.2) is 51.7 Å². The molecule has 3 rings (SSSR count). The van der Waals surface area contributed by atoms with Gasteiger partial charge < -0.3 is 5.32 Å². The first-order chi connectivity index (χ1) is 11.7. The van der Waals surface area contributed by atoms with Crippen LogP contribution in [-0.4, -0.2) is 10.2 Å². The van der Waals surface area contributed by atoms with Crippen LogP contribution in [0.4, 0.5) is 10.8 Å². The van der Waals surface area contributed by atoms with Crippen molar-refractivity contribution in [1.82, 2.24) is 10.2 Å². The summed E-state index contributed by atoms with van der Waals surface area (Å²) in [4.78, 5) is 0.612. The summed E-state index contributed by atoms with van der Waals surface area (Å²) in [5.74, 6) is 0. The third-order valence-corrected chi connectivity index (χ3v) is 5.15. The minimum atomic E-state index is 0.461. The zero-order valence-electron chi connectivity index (χ0n) is 12.6. The summed E-state index contributed by atoms with van der Waals surface area (Å²) in [6.07, 6.45) is 0. The number of nitrogens with one attached hydrogen (secondary N) is 1. The van der Waals surface area contributed by atoms with Crippen LogP contribution >= 0.6 is 23.1 Å². The largest absolute Gasteiger partial charge is 0.330 e. The Labute approximate surface area is 147 Å². The van der Waals surface area contributed by atoms with Crippen LogP contribution in [0.3, 0.4) is 0 Å². The van der Waals surface area contributed by atoms with Gasteiger partial charge in [0, 0.05) is 5.69 Å². The van der Waals surface area contributed by atoms with Crippen LogP contribution in [0.2, 0.25) is 0 Å². The summed E-state index contributed by atoms with van der Waals surface area (Å²) in [5, 5.41) is 30.6. The smallest absolute Gasteiger partial charge is 0.210 e. The molecule has 1 heterocycles. The molecule has 0 bridgehead atoms. The average molecular weight is 349 g/mol. The molecule has 3 aromatic rings. The van der Waals surface area contributed by atoms with E-state index in [4.69, 9.17) is 0 Å². The second-order valence-corrected chi connectivity index (χ2v) is 7.11. The second kappa shape index (κ2) is 7.14. The normalized spacial score (nSPS) is 9.96. The molecule has 0 aliphatic carbocycles. The Kier molecular flexibility index (Phi) is 4.76. The average Bonchev–Trinajstić information content (AvgIpc) is 3.02. The molecule has 0 aliphatic rings. The summed E-state index contributed by atoms with van der Waals surface area (Å²) >= 11 is 2.66. The zero-order chi connectivity index (χ0) is 16.9. The summed E-state index contributed by atoms with van der Waals surface area (Å²) in [7, 11) is 0. The number of nitriles is 2. The van der Waals surface area contributed by atoms with Crippen LogP contribution in [0, 0.1) is 29.6 Å². The molecule has 0 aliphatic heterocycles. The molecular weight excluding hydrogens is 338 g/mol. The maximum Gasteiger partial charge on any atom is 0.210 e. The lowest BCUT2D eigenvalue weighted by molar-refractivity contribution is 1.01. The lowest BCUT2D eigenvalue weighted by Crippen LogP contribution is -1.89. The van der Waals surface area contributed by atoms with E-state index in [0.717, 1.165) is 11.3 Å². The van der Waals surface area contributed by atoms with E-state index in [2.05, 4.69) is 27.7 Å². The summed E-state index contributed by atoms with van der Waals surface area (Å²) in [5.41, 5.74) is 3.02. The number of nitrogens with zero attached hydrogens (tertiary/aromatic N) is 4. The third-order valence-electron chi connectivity index (χ3n) is 3.12. The fraction of sp³-hybridized carbons (Fsp3) is 0.0588. The van der Waals surface area contributed by atoms with Gasteiger partial charge >= 0.3 is 0 Å². The van der Waals surface area contributed by atoms with Gasteiger partial charge in [0.05, 0.1) is 16.0 Å². The number of anilines is 2. The fourth-order valence-electron chi connectivity index (χ4n) is 2.06. The lowest BCUT2D eigenvalue weighted by Gasteiger charge is -2.03. The van der Waals surface area contributed by atoms with Gasteiger partial charge in [0.15, 0.2) is 4.34 Å². The van der Waals surface area contributed by atoms with Gasteiger partial charge in [-0.2, -0.15) is 10.5 Å². The van der Waals surface area contributed by atoms with Crippen molar-refractivity contribution < 1.29 is 0 Å². The highest BCUT2D eigenvalue weighted by Gasteiger charge is 2.13. The van der Waals surface area contributed by atoms with E-state index < -0.39 is 0 Å². The fourth-order valence-corrected chi connectivity index (χ4v) is 3.91. The number of benzene rings is 2. The van der Waals surface area contributed by atoms with Crippen molar-refractivity contribution >= 4 is 33.9 Å². The molecule has 1 aromatic heterocycles.